The molecule has 0 saturated carbocycles. The summed E-state index contributed by atoms with van der Waals surface area (Å²) in [6, 6.07) is 1.63. The number of halogens is 3. The van der Waals surface area contributed by atoms with Crippen molar-refractivity contribution >= 4 is 34.8 Å². The van der Waals surface area contributed by atoms with Crippen molar-refractivity contribution in [3.8, 4) is 0 Å². The molecule has 1 heterocycles. The van der Waals surface area contributed by atoms with Crippen LogP contribution in [-0.4, -0.2) is 0 Å². The zero-order valence-electron chi connectivity index (χ0n) is 5.00. The van der Waals surface area contributed by atoms with Crippen LogP contribution in [0.1, 0.15) is 5.56 Å². The Bertz CT molecular complexity index is 236. The highest BCUT2D eigenvalue weighted by molar-refractivity contribution is 6.34. The van der Waals surface area contributed by atoms with Gasteiger partial charge in [0.25, 0.3) is 5.15 Å². The van der Waals surface area contributed by atoms with Gasteiger partial charge < -0.3 is 0 Å². The van der Waals surface area contributed by atoms with Crippen LogP contribution in [0.4, 0.5) is 0 Å². The Morgan fingerprint density at radius 2 is 2.10 bits per heavy atom. The molecule has 0 radical (unpaired) electrons. The van der Waals surface area contributed by atoms with E-state index in [0.717, 1.165) is 5.56 Å². The van der Waals surface area contributed by atoms with Gasteiger partial charge in [0.2, 0.25) is 0 Å². The van der Waals surface area contributed by atoms with Gasteiger partial charge in [0.05, 0.1) is 10.9 Å². The third-order valence-corrected chi connectivity index (χ3v) is 1.95. The molecule has 0 unspecified atom stereocenters. The third-order valence-electron chi connectivity index (χ3n) is 1.09. The molecule has 1 aromatic heterocycles. The lowest BCUT2D eigenvalue weighted by molar-refractivity contribution is -0.376. The van der Waals surface area contributed by atoms with Gasteiger partial charge in [-0.3, -0.25) is 0 Å². The highest BCUT2D eigenvalue weighted by Gasteiger charge is 2.04. The lowest BCUT2D eigenvalue weighted by Crippen LogP contribution is -2.03. The van der Waals surface area contributed by atoms with Gasteiger partial charge in [-0.25, -0.2) is 4.98 Å². The summed E-state index contributed by atoms with van der Waals surface area (Å²) in [5, 5.41) is 1.11. The normalized spacial score (nSPS) is 9.90. The molecule has 10 heavy (non-hydrogen) atoms. The molecule has 0 aliphatic carbocycles. The van der Waals surface area contributed by atoms with E-state index in [1.807, 2.05) is 0 Å². The molecule has 0 spiro atoms. The first-order valence-electron chi connectivity index (χ1n) is 2.65. The van der Waals surface area contributed by atoms with Crippen LogP contribution in [0.2, 0.25) is 10.2 Å². The number of hydrogen-bond acceptors (Lipinski definition) is 0. The predicted octanol–water partition coefficient (Wildman–Crippen LogP) is 2.55. The van der Waals surface area contributed by atoms with Gasteiger partial charge in [-0.1, -0.05) is 11.6 Å². The highest BCUT2D eigenvalue weighted by atomic mass is 35.5. The number of H-pyrrole nitrogens is 1. The van der Waals surface area contributed by atoms with Crippen LogP contribution in [0.5, 0.6) is 0 Å². The van der Waals surface area contributed by atoms with E-state index in [4.69, 9.17) is 34.8 Å². The van der Waals surface area contributed by atoms with E-state index in [-0.39, 0.29) is 0 Å². The number of aromatic nitrogens is 1. The van der Waals surface area contributed by atoms with E-state index in [1.165, 1.54) is 0 Å². The third kappa shape index (κ3) is 1.75. The highest BCUT2D eigenvalue weighted by Crippen LogP contribution is 2.17. The number of alkyl halides is 1. The predicted molar refractivity (Wildman–Crippen MR) is 42.6 cm³/mol. The van der Waals surface area contributed by atoms with Crippen LogP contribution >= 0.6 is 34.8 Å². The maximum absolute atomic E-state index is 5.74. The summed E-state index contributed by atoms with van der Waals surface area (Å²) in [5.74, 6) is 0.395. The largest absolute Gasteiger partial charge is 0.274 e. The standard InChI is InChI=1S/C6H4Cl3N/c7-2-4-3-10-6(9)1-5(4)8/h1,3H,2H2/p+1. The van der Waals surface area contributed by atoms with E-state index < -0.39 is 0 Å². The molecule has 0 aliphatic heterocycles. The monoisotopic (exact) mass is 196 g/mol. The summed E-state index contributed by atoms with van der Waals surface area (Å²) in [6.07, 6.45) is 1.69. The molecule has 0 aromatic carbocycles. The molecule has 54 valence electrons. The van der Waals surface area contributed by atoms with Crippen LogP contribution in [0.3, 0.4) is 0 Å². The van der Waals surface area contributed by atoms with Crippen LogP contribution in [0.15, 0.2) is 12.3 Å². The van der Waals surface area contributed by atoms with Gasteiger partial charge in [0.1, 0.15) is 0 Å². The van der Waals surface area contributed by atoms with E-state index in [9.17, 15) is 0 Å². The van der Waals surface area contributed by atoms with Crippen molar-refractivity contribution in [3.05, 3.63) is 28.0 Å². The number of nitrogens with one attached hydrogen (secondary N) is 1. The van der Waals surface area contributed by atoms with Crippen molar-refractivity contribution in [2.45, 2.75) is 5.88 Å². The minimum Gasteiger partial charge on any atom is -0.201 e. The molecule has 0 saturated heterocycles. The fourth-order valence-electron chi connectivity index (χ4n) is 0.573. The zero-order chi connectivity index (χ0) is 7.56. The van der Waals surface area contributed by atoms with Crippen LogP contribution < -0.4 is 4.98 Å². The lowest BCUT2D eigenvalue weighted by atomic mass is 10.3. The van der Waals surface area contributed by atoms with Gasteiger partial charge in [-0.05, 0) is 11.6 Å². The van der Waals surface area contributed by atoms with Crippen LogP contribution in [0.25, 0.3) is 0 Å². The van der Waals surface area contributed by atoms with Gasteiger partial charge in [0, 0.05) is 11.6 Å². The molecular weight excluding hydrogens is 192 g/mol. The van der Waals surface area contributed by atoms with E-state index in [2.05, 4.69) is 4.98 Å². The Morgan fingerprint density at radius 3 is 2.60 bits per heavy atom. The second kappa shape index (κ2) is 3.42. The van der Waals surface area contributed by atoms with Crippen molar-refractivity contribution < 1.29 is 4.98 Å². The van der Waals surface area contributed by atoms with Crippen molar-refractivity contribution in [3.63, 3.8) is 0 Å². The van der Waals surface area contributed by atoms with Crippen LogP contribution in [0, 0.1) is 0 Å². The molecule has 0 fully saturated rings. The number of rotatable bonds is 1. The molecule has 1 rings (SSSR count). The average Bonchev–Trinajstić information content (AvgIpc) is 1.88. The number of pyridine rings is 1. The van der Waals surface area contributed by atoms with Crippen LogP contribution in [-0.2, 0) is 5.88 Å². The fourth-order valence-corrected chi connectivity index (χ4v) is 1.31. The summed E-state index contributed by atoms with van der Waals surface area (Å²) in [5.41, 5.74) is 0.854. The summed E-state index contributed by atoms with van der Waals surface area (Å²) in [7, 11) is 0. The Kier molecular flexibility index (Phi) is 2.78. The summed E-state index contributed by atoms with van der Waals surface area (Å²) in [4.78, 5) is 2.79. The quantitative estimate of drug-likeness (QED) is 0.485. The minimum atomic E-state index is 0.395. The molecular formula is C6H5Cl3N+. The maximum atomic E-state index is 5.74. The van der Waals surface area contributed by atoms with Gasteiger partial charge in [-0.2, -0.15) is 0 Å². The fraction of sp³-hybridized carbons (Fsp3) is 0.167. The second-order valence-electron chi connectivity index (χ2n) is 1.79. The molecule has 4 heteroatoms. The van der Waals surface area contributed by atoms with Gasteiger partial charge in [0.15, 0.2) is 6.20 Å². The number of hydrogen-bond donors (Lipinski definition) is 0. The van der Waals surface area contributed by atoms with Crippen molar-refractivity contribution in [2.75, 3.05) is 0 Å². The summed E-state index contributed by atoms with van der Waals surface area (Å²) >= 11 is 16.9. The van der Waals surface area contributed by atoms with E-state index >= 15 is 0 Å². The smallest absolute Gasteiger partial charge is 0.201 e. The number of aromatic amines is 1. The Hall–Kier alpha value is 0.0200. The summed E-state index contributed by atoms with van der Waals surface area (Å²) in [6.45, 7) is 0. The van der Waals surface area contributed by atoms with E-state index in [1.54, 1.807) is 12.3 Å². The van der Waals surface area contributed by atoms with Crippen molar-refractivity contribution in [1.29, 1.82) is 0 Å². The molecule has 1 N–H and O–H groups in total. The SMILES string of the molecule is ClCc1c[nH+]c(Cl)cc1Cl. The maximum Gasteiger partial charge on any atom is 0.274 e. The molecule has 0 amide bonds. The molecule has 0 bridgehead atoms. The first-order chi connectivity index (χ1) is 4.74. The zero-order valence-corrected chi connectivity index (χ0v) is 7.26. The van der Waals surface area contributed by atoms with Gasteiger partial charge >= 0.3 is 0 Å². The second-order valence-corrected chi connectivity index (χ2v) is 2.87. The molecule has 1 nitrogen and oxygen atoms in total. The Labute approximate surface area is 73.9 Å². The minimum absolute atomic E-state index is 0.395. The first kappa shape index (κ1) is 8.12. The van der Waals surface area contributed by atoms with Gasteiger partial charge in [-0.15, -0.1) is 11.6 Å². The molecule has 1 aromatic rings. The topological polar surface area (TPSA) is 14.1 Å². The molecule has 0 aliphatic rings. The van der Waals surface area contributed by atoms with Crippen molar-refractivity contribution in [1.82, 2.24) is 0 Å². The molecule has 0 atom stereocenters. The van der Waals surface area contributed by atoms with E-state index in [0.29, 0.717) is 16.1 Å². The summed E-state index contributed by atoms with van der Waals surface area (Å²) < 4.78 is 0. The average molecular weight is 197 g/mol. The first-order valence-corrected chi connectivity index (χ1v) is 3.94. The Morgan fingerprint density at radius 1 is 1.40 bits per heavy atom. The van der Waals surface area contributed by atoms with Crippen molar-refractivity contribution in [2.24, 2.45) is 0 Å². The lowest BCUT2D eigenvalue weighted by Gasteiger charge is -1.92. The Balaban J connectivity index is 3.07.